The van der Waals surface area contributed by atoms with Crippen LogP contribution in [0.3, 0.4) is 0 Å². The quantitative estimate of drug-likeness (QED) is 0.650. The van der Waals surface area contributed by atoms with E-state index in [4.69, 9.17) is 32.7 Å². The van der Waals surface area contributed by atoms with E-state index in [0.717, 1.165) is 0 Å². The van der Waals surface area contributed by atoms with Crippen molar-refractivity contribution < 1.29 is 19.1 Å². The van der Waals surface area contributed by atoms with Gasteiger partial charge in [-0.3, -0.25) is 0 Å². The minimum atomic E-state index is -0.775. The maximum Gasteiger partial charge on any atom is 0.336 e. The number of carbonyl (C=O) groups is 2. The Bertz CT molecular complexity index is 733. The van der Waals surface area contributed by atoms with Crippen molar-refractivity contribution in [3.8, 4) is 0 Å². The Morgan fingerprint density at radius 2 is 1.54 bits per heavy atom. The van der Waals surface area contributed by atoms with Gasteiger partial charge in [0.05, 0.1) is 31.3 Å². The average Bonchev–Trinajstić information content (AvgIpc) is 2.53. The molecule has 0 saturated carbocycles. The number of pyridine rings is 1. The summed E-state index contributed by atoms with van der Waals surface area (Å²) < 4.78 is 9.74. The molecule has 0 amide bonds. The van der Waals surface area contributed by atoms with Crippen molar-refractivity contribution >= 4 is 35.1 Å². The average molecular weight is 371 g/mol. The molecule has 1 N–H and O–H groups in total. The van der Waals surface area contributed by atoms with Gasteiger partial charge in [0.1, 0.15) is 10.3 Å². The Balaban J connectivity index is 2.74. The molecule has 0 fully saturated rings. The minimum absolute atomic E-state index is 0.0952. The van der Waals surface area contributed by atoms with Crippen molar-refractivity contribution in [2.75, 3.05) is 14.2 Å². The van der Waals surface area contributed by atoms with Gasteiger partial charge >= 0.3 is 11.9 Å². The molecule has 0 spiro atoms. The van der Waals surface area contributed by atoms with Crippen LogP contribution in [0, 0.1) is 0 Å². The van der Waals surface area contributed by atoms with E-state index in [0.29, 0.717) is 17.0 Å². The number of dihydropyridines is 1. The number of carbonyl (C=O) groups excluding carboxylic acids is 2. The summed E-state index contributed by atoms with van der Waals surface area (Å²) in [7, 11) is 2.54. The molecule has 0 unspecified atom stereocenters. The molecular formula is C16H16Cl2N2O4. The molecule has 0 aliphatic carbocycles. The molecule has 24 heavy (non-hydrogen) atoms. The van der Waals surface area contributed by atoms with Crippen LogP contribution in [-0.2, 0) is 19.1 Å². The number of aromatic nitrogens is 1. The zero-order chi connectivity index (χ0) is 18.0. The lowest BCUT2D eigenvalue weighted by molar-refractivity contribution is -0.137. The lowest BCUT2D eigenvalue weighted by Gasteiger charge is -2.30. The highest BCUT2D eigenvalue weighted by Crippen LogP contribution is 2.41. The van der Waals surface area contributed by atoms with Crippen molar-refractivity contribution in [1.82, 2.24) is 10.3 Å². The van der Waals surface area contributed by atoms with E-state index in [9.17, 15) is 9.59 Å². The fraction of sp³-hybridized carbons (Fsp3) is 0.312. The third kappa shape index (κ3) is 3.25. The highest BCUT2D eigenvalue weighted by atomic mass is 35.5. The molecule has 0 atom stereocenters. The van der Waals surface area contributed by atoms with Crippen LogP contribution in [0.1, 0.15) is 25.3 Å². The predicted molar refractivity (Wildman–Crippen MR) is 89.6 cm³/mol. The second-order valence-corrected chi connectivity index (χ2v) is 5.88. The van der Waals surface area contributed by atoms with E-state index in [2.05, 4.69) is 10.3 Å². The van der Waals surface area contributed by atoms with Crippen LogP contribution in [-0.4, -0.2) is 31.1 Å². The first-order valence-corrected chi connectivity index (χ1v) is 7.74. The standard InChI is InChI=1S/C16H16Cl2N2O4/c1-7-11(15(21)23-3)13(9-5-6-10(17)20-14(9)18)12(8(2)19-7)16(22)24-4/h5-6,13,19H,1-4H3. The van der Waals surface area contributed by atoms with Gasteiger partial charge in [-0.1, -0.05) is 29.3 Å². The van der Waals surface area contributed by atoms with E-state index in [1.807, 2.05) is 0 Å². The topological polar surface area (TPSA) is 77.5 Å². The first-order valence-electron chi connectivity index (χ1n) is 6.98. The fourth-order valence-electron chi connectivity index (χ4n) is 2.70. The van der Waals surface area contributed by atoms with Crippen LogP contribution in [0.4, 0.5) is 0 Å². The number of methoxy groups -OCH3 is 2. The van der Waals surface area contributed by atoms with Gasteiger partial charge in [0.2, 0.25) is 0 Å². The fourth-order valence-corrected chi connectivity index (χ4v) is 3.16. The Kier molecular flexibility index (Phi) is 5.51. The summed E-state index contributed by atoms with van der Waals surface area (Å²) in [5.41, 5.74) is 2.09. The monoisotopic (exact) mass is 370 g/mol. The minimum Gasteiger partial charge on any atom is -0.466 e. The van der Waals surface area contributed by atoms with Gasteiger partial charge in [0.15, 0.2) is 0 Å². The number of hydrogen-bond donors (Lipinski definition) is 1. The van der Waals surface area contributed by atoms with Crippen LogP contribution < -0.4 is 5.32 Å². The molecule has 1 aromatic rings. The third-order valence-corrected chi connectivity index (χ3v) is 4.24. The lowest BCUT2D eigenvalue weighted by atomic mass is 9.81. The van der Waals surface area contributed by atoms with Gasteiger partial charge in [0, 0.05) is 17.0 Å². The van der Waals surface area contributed by atoms with E-state index < -0.39 is 17.9 Å². The lowest BCUT2D eigenvalue weighted by Crippen LogP contribution is -2.32. The van der Waals surface area contributed by atoms with Crippen LogP contribution in [0.15, 0.2) is 34.7 Å². The van der Waals surface area contributed by atoms with Gasteiger partial charge in [-0.25, -0.2) is 14.6 Å². The van der Waals surface area contributed by atoms with Crippen molar-refractivity contribution in [1.29, 1.82) is 0 Å². The van der Waals surface area contributed by atoms with Crippen LogP contribution in [0.2, 0.25) is 10.3 Å². The summed E-state index contributed by atoms with van der Waals surface area (Å²) in [4.78, 5) is 28.6. The van der Waals surface area contributed by atoms with Gasteiger partial charge in [-0.2, -0.15) is 0 Å². The van der Waals surface area contributed by atoms with Gasteiger partial charge < -0.3 is 14.8 Å². The predicted octanol–water partition coefficient (Wildman–Crippen LogP) is 2.97. The molecule has 0 saturated heterocycles. The van der Waals surface area contributed by atoms with Crippen molar-refractivity contribution in [3.63, 3.8) is 0 Å². The number of halogens is 2. The molecule has 0 radical (unpaired) electrons. The largest absolute Gasteiger partial charge is 0.466 e. The normalized spacial score (nSPS) is 15.2. The molecule has 2 heterocycles. The second-order valence-electron chi connectivity index (χ2n) is 5.13. The van der Waals surface area contributed by atoms with Crippen LogP contribution in [0.5, 0.6) is 0 Å². The number of esters is 2. The molecule has 1 aliphatic rings. The van der Waals surface area contributed by atoms with Crippen LogP contribution >= 0.6 is 23.2 Å². The number of nitrogens with one attached hydrogen (secondary N) is 1. The Labute approximate surface area is 149 Å². The second kappa shape index (κ2) is 7.23. The summed E-state index contributed by atoms with van der Waals surface area (Å²) in [6.45, 7) is 3.43. The zero-order valence-electron chi connectivity index (χ0n) is 13.6. The van der Waals surface area contributed by atoms with Crippen molar-refractivity contribution in [2.45, 2.75) is 19.8 Å². The Morgan fingerprint density at radius 3 is 1.96 bits per heavy atom. The summed E-state index contributed by atoms with van der Waals surface area (Å²) in [5, 5.41) is 3.31. The van der Waals surface area contributed by atoms with Crippen molar-refractivity contribution in [3.05, 3.63) is 50.5 Å². The molecule has 0 aromatic carbocycles. The Hall–Kier alpha value is -2.05. The molecule has 1 aromatic heterocycles. The maximum absolute atomic E-state index is 12.3. The van der Waals surface area contributed by atoms with Crippen LogP contribution in [0.25, 0.3) is 0 Å². The third-order valence-electron chi connectivity index (χ3n) is 3.73. The van der Waals surface area contributed by atoms with Gasteiger partial charge in [-0.05, 0) is 19.9 Å². The molecule has 1 aliphatic heterocycles. The molecular weight excluding hydrogens is 355 g/mol. The molecule has 6 nitrogen and oxygen atoms in total. The number of hydrogen-bond acceptors (Lipinski definition) is 6. The smallest absolute Gasteiger partial charge is 0.336 e. The number of nitrogens with zero attached hydrogens (tertiary/aromatic N) is 1. The highest BCUT2D eigenvalue weighted by molar-refractivity contribution is 6.33. The number of ether oxygens (including phenoxy) is 2. The summed E-state index contributed by atoms with van der Waals surface area (Å²) >= 11 is 12.1. The maximum atomic E-state index is 12.3. The molecule has 128 valence electrons. The van der Waals surface area contributed by atoms with E-state index in [-0.39, 0.29) is 21.5 Å². The van der Waals surface area contributed by atoms with E-state index in [1.54, 1.807) is 26.0 Å². The molecule has 2 rings (SSSR count). The first kappa shape index (κ1) is 18.3. The van der Waals surface area contributed by atoms with E-state index in [1.165, 1.54) is 14.2 Å². The Morgan fingerprint density at radius 1 is 1.04 bits per heavy atom. The number of rotatable bonds is 3. The SMILES string of the molecule is COC(=O)C1=C(C)NC(C)=C(C(=O)OC)C1c1ccc(Cl)nc1Cl. The summed E-state index contributed by atoms with van der Waals surface area (Å²) in [6.07, 6.45) is 0. The summed E-state index contributed by atoms with van der Waals surface area (Å²) in [5.74, 6) is -1.93. The van der Waals surface area contributed by atoms with Gasteiger partial charge in [-0.15, -0.1) is 0 Å². The zero-order valence-corrected chi connectivity index (χ0v) is 15.1. The first-order chi connectivity index (χ1) is 11.3. The van der Waals surface area contributed by atoms with Crippen molar-refractivity contribution in [2.24, 2.45) is 0 Å². The molecule has 8 heteroatoms. The number of allylic oxidation sites excluding steroid dienone is 2. The molecule has 0 bridgehead atoms. The summed E-state index contributed by atoms with van der Waals surface area (Å²) in [6, 6.07) is 3.17. The highest BCUT2D eigenvalue weighted by Gasteiger charge is 2.38. The van der Waals surface area contributed by atoms with E-state index >= 15 is 0 Å². The van der Waals surface area contributed by atoms with Gasteiger partial charge in [0.25, 0.3) is 0 Å².